The van der Waals surface area contributed by atoms with Crippen molar-refractivity contribution in [1.82, 2.24) is 30.0 Å². The van der Waals surface area contributed by atoms with E-state index in [1.54, 1.807) is 36.9 Å². The number of aryl methyl sites for hydroxylation is 6. The molecule has 4 heterocycles. The van der Waals surface area contributed by atoms with Gasteiger partial charge in [0.05, 0.1) is 62.9 Å². The molecule has 0 saturated carbocycles. The summed E-state index contributed by atoms with van der Waals surface area (Å²) < 4.78 is 38.0. The number of rotatable bonds is 28. The maximum absolute atomic E-state index is 13.5. The standard InChI is InChI=1S/2C32H39N3O4S/c2*1-6-35-19-27(33-34-35)14-17-29(32(3,4)31(36)39-21-24-10-8-7-9-11-24)30-18-26(23(2)40-30)22-38-20-25-12-15-28(37-5)16-13-25/h2*7-13,15-16,18-19,29H,6,14,17,20-22H2,1-5H3/t2*29-/m10/s1. The van der Waals surface area contributed by atoms with E-state index in [0.29, 0.717) is 26.4 Å². The molecule has 8 aromatic rings. The van der Waals surface area contributed by atoms with Crippen LogP contribution in [0.4, 0.5) is 0 Å². The molecule has 0 amide bonds. The van der Waals surface area contributed by atoms with Gasteiger partial charge in [0.15, 0.2) is 0 Å². The lowest BCUT2D eigenvalue weighted by Gasteiger charge is -2.31. The SMILES string of the molecule is CCn1cc(CC[C@@H](c2cc(COCc3ccc(OC)cc3)c(C)s2)C(C)(C)C(=O)OCc2ccccc2)nn1.CCn1cc(CC[C@H](c2cc(COCc3ccc(OC)cc3)c(C)s2)C(C)(C)C(=O)OCc2ccccc2)nn1. The predicted molar refractivity (Wildman–Crippen MR) is 315 cm³/mol. The van der Waals surface area contributed by atoms with Gasteiger partial charge in [-0.05, 0) is 151 Å². The molecule has 0 spiro atoms. The highest BCUT2D eigenvalue weighted by Gasteiger charge is 2.41. The van der Waals surface area contributed by atoms with Crippen molar-refractivity contribution in [2.45, 2.75) is 146 Å². The van der Waals surface area contributed by atoms with E-state index in [4.69, 9.17) is 28.4 Å². The molecule has 0 unspecified atom stereocenters. The molecule has 16 heteroatoms. The van der Waals surface area contributed by atoms with Crippen molar-refractivity contribution in [3.8, 4) is 11.5 Å². The fraction of sp³-hybridized carbons (Fsp3) is 0.406. The first-order valence-electron chi connectivity index (χ1n) is 27.4. The second-order valence-corrected chi connectivity index (χ2v) is 23.6. The number of methoxy groups -OCH3 is 2. The van der Waals surface area contributed by atoms with Gasteiger partial charge in [-0.1, -0.05) is 95.4 Å². The van der Waals surface area contributed by atoms with Crippen molar-refractivity contribution < 1.29 is 38.0 Å². The molecule has 0 aliphatic rings. The van der Waals surface area contributed by atoms with Crippen molar-refractivity contribution in [3.05, 3.63) is 198 Å². The lowest BCUT2D eigenvalue weighted by molar-refractivity contribution is -0.157. The Balaban J connectivity index is 0.000000231. The number of aromatic nitrogens is 6. The molecule has 4 aromatic carbocycles. The summed E-state index contributed by atoms with van der Waals surface area (Å²) in [6.07, 6.45) is 6.91. The average Bonchev–Trinajstić information content (AvgIpc) is 4.35. The smallest absolute Gasteiger partial charge is 0.312 e. The van der Waals surface area contributed by atoms with Crippen molar-refractivity contribution in [3.63, 3.8) is 0 Å². The predicted octanol–water partition coefficient (Wildman–Crippen LogP) is 13.8. The van der Waals surface area contributed by atoms with E-state index in [1.807, 2.05) is 172 Å². The summed E-state index contributed by atoms with van der Waals surface area (Å²) in [5, 5.41) is 17.0. The van der Waals surface area contributed by atoms with Crippen LogP contribution in [-0.4, -0.2) is 56.1 Å². The minimum atomic E-state index is -0.742. The molecule has 8 rings (SSSR count). The average molecular weight is 1120 g/mol. The molecular formula is C64H78N6O8S2. The molecule has 0 radical (unpaired) electrons. The first-order chi connectivity index (χ1) is 38.6. The Morgan fingerprint density at radius 1 is 0.512 bits per heavy atom. The van der Waals surface area contributed by atoms with E-state index in [1.165, 1.54) is 9.75 Å². The highest BCUT2D eigenvalue weighted by molar-refractivity contribution is 7.12. The number of hydrogen-bond donors (Lipinski definition) is 0. The number of esters is 2. The van der Waals surface area contributed by atoms with Crippen molar-refractivity contribution in [2.75, 3.05) is 14.2 Å². The maximum Gasteiger partial charge on any atom is 0.312 e. The van der Waals surface area contributed by atoms with Gasteiger partial charge in [0.2, 0.25) is 0 Å². The lowest BCUT2D eigenvalue weighted by Crippen LogP contribution is -2.33. The highest BCUT2D eigenvalue weighted by Crippen LogP contribution is 2.45. The maximum atomic E-state index is 13.5. The van der Waals surface area contributed by atoms with Gasteiger partial charge in [0, 0.05) is 56.8 Å². The summed E-state index contributed by atoms with van der Waals surface area (Å²) in [6.45, 7) is 20.4. The highest BCUT2D eigenvalue weighted by atomic mass is 32.1. The molecule has 0 bridgehead atoms. The molecule has 0 aliphatic carbocycles. The van der Waals surface area contributed by atoms with Gasteiger partial charge in [-0.15, -0.1) is 32.9 Å². The second kappa shape index (κ2) is 29.5. The van der Waals surface area contributed by atoms with Gasteiger partial charge in [0.1, 0.15) is 24.7 Å². The summed E-state index contributed by atoms with van der Waals surface area (Å²) >= 11 is 3.46. The van der Waals surface area contributed by atoms with Crippen LogP contribution < -0.4 is 9.47 Å². The molecule has 2 atom stereocenters. The number of benzene rings is 4. The van der Waals surface area contributed by atoms with E-state index in [-0.39, 0.29) is 37.0 Å². The molecule has 0 N–H and O–H groups in total. The third-order valence-corrected chi connectivity index (χ3v) is 17.0. The number of thiophene rings is 2. The molecule has 4 aromatic heterocycles. The van der Waals surface area contributed by atoms with Crippen LogP contribution in [0, 0.1) is 24.7 Å². The molecule has 0 fully saturated rings. The minimum absolute atomic E-state index is 0.0541. The van der Waals surface area contributed by atoms with Gasteiger partial charge < -0.3 is 28.4 Å². The van der Waals surface area contributed by atoms with Crippen LogP contribution in [-0.2, 0) is 94.1 Å². The molecule has 0 saturated heterocycles. The molecule has 0 aliphatic heterocycles. The Hall–Kier alpha value is -6.98. The number of carbonyl (C=O) groups excluding carboxylic acids is 2. The number of nitrogens with zero attached hydrogens (tertiary/aromatic N) is 6. The van der Waals surface area contributed by atoms with Gasteiger partial charge in [-0.3, -0.25) is 19.0 Å². The van der Waals surface area contributed by atoms with Crippen LogP contribution in [0.2, 0.25) is 0 Å². The van der Waals surface area contributed by atoms with Gasteiger partial charge in [-0.25, -0.2) is 0 Å². The monoisotopic (exact) mass is 1120 g/mol. The molecular weight excluding hydrogens is 1040 g/mol. The van der Waals surface area contributed by atoms with E-state index in [0.717, 1.165) is 105 Å². The topological polar surface area (TPSA) is 151 Å². The Morgan fingerprint density at radius 3 is 1.21 bits per heavy atom. The van der Waals surface area contributed by atoms with Crippen molar-refractivity contribution in [2.24, 2.45) is 10.8 Å². The summed E-state index contributed by atoms with van der Waals surface area (Å²) in [5.41, 5.74) is 6.79. The summed E-state index contributed by atoms with van der Waals surface area (Å²) in [6, 6.07) is 39.8. The Bertz CT molecular complexity index is 2940. The van der Waals surface area contributed by atoms with E-state index >= 15 is 0 Å². The first-order valence-corrected chi connectivity index (χ1v) is 29.0. The first kappa shape index (κ1) is 60.7. The zero-order valence-electron chi connectivity index (χ0n) is 48.1. The van der Waals surface area contributed by atoms with E-state index < -0.39 is 10.8 Å². The molecule has 80 heavy (non-hydrogen) atoms. The zero-order chi connectivity index (χ0) is 57.1. The van der Waals surface area contributed by atoms with Crippen LogP contribution in [0.5, 0.6) is 11.5 Å². The van der Waals surface area contributed by atoms with Gasteiger partial charge in [-0.2, -0.15) is 0 Å². The molecule has 14 nitrogen and oxygen atoms in total. The van der Waals surface area contributed by atoms with Crippen molar-refractivity contribution in [1.29, 1.82) is 0 Å². The normalized spacial score (nSPS) is 12.3. The summed E-state index contributed by atoms with van der Waals surface area (Å²) in [4.78, 5) is 31.7. The number of carbonyl (C=O) groups is 2. The van der Waals surface area contributed by atoms with E-state index in [9.17, 15) is 9.59 Å². The Labute approximate surface area is 480 Å². The third-order valence-electron chi connectivity index (χ3n) is 14.6. The lowest BCUT2D eigenvalue weighted by atomic mass is 9.75. The Morgan fingerprint density at radius 2 is 0.875 bits per heavy atom. The number of ether oxygens (including phenoxy) is 6. The quantitative estimate of drug-likeness (QED) is 0.0429. The van der Waals surface area contributed by atoms with Crippen molar-refractivity contribution >= 4 is 34.6 Å². The fourth-order valence-electron chi connectivity index (χ4n) is 9.34. The fourth-order valence-corrected chi connectivity index (χ4v) is 12.1. The van der Waals surface area contributed by atoms with Crippen LogP contribution in [0.15, 0.2) is 134 Å². The summed E-state index contributed by atoms with van der Waals surface area (Å²) in [5.74, 6) is 1.14. The minimum Gasteiger partial charge on any atom is -0.497 e. The summed E-state index contributed by atoms with van der Waals surface area (Å²) in [7, 11) is 3.32. The zero-order valence-corrected chi connectivity index (χ0v) is 49.7. The van der Waals surface area contributed by atoms with Crippen LogP contribution in [0.1, 0.15) is 130 Å². The second-order valence-electron chi connectivity index (χ2n) is 21.0. The van der Waals surface area contributed by atoms with Crippen LogP contribution in [0.25, 0.3) is 0 Å². The number of hydrogen-bond acceptors (Lipinski definition) is 14. The van der Waals surface area contributed by atoms with Gasteiger partial charge in [0.25, 0.3) is 0 Å². The van der Waals surface area contributed by atoms with Gasteiger partial charge >= 0.3 is 11.9 Å². The largest absolute Gasteiger partial charge is 0.497 e. The van der Waals surface area contributed by atoms with Crippen LogP contribution >= 0.6 is 22.7 Å². The van der Waals surface area contributed by atoms with Crippen LogP contribution in [0.3, 0.4) is 0 Å². The molecule has 424 valence electrons. The van der Waals surface area contributed by atoms with E-state index in [2.05, 4.69) is 46.6 Å². The third kappa shape index (κ3) is 17.0. The Kier molecular flexibility index (Phi) is 22.3.